The van der Waals surface area contributed by atoms with E-state index in [1.807, 2.05) is 24.4 Å². The first-order valence-electron chi connectivity index (χ1n) is 7.44. The highest BCUT2D eigenvalue weighted by atomic mass is 15.0. The Bertz CT molecular complexity index is 491. The van der Waals surface area contributed by atoms with Crippen LogP contribution in [-0.4, -0.2) is 15.9 Å². The summed E-state index contributed by atoms with van der Waals surface area (Å²) in [4.78, 5) is 4.61. The zero-order chi connectivity index (χ0) is 13.1. The van der Waals surface area contributed by atoms with Crippen LogP contribution in [0, 0.1) is 11.8 Å². The summed E-state index contributed by atoms with van der Waals surface area (Å²) >= 11 is 0. The van der Waals surface area contributed by atoms with E-state index in [9.17, 15) is 0 Å². The van der Waals surface area contributed by atoms with Crippen LogP contribution in [0.25, 0.3) is 5.65 Å². The number of imidazole rings is 1. The van der Waals surface area contributed by atoms with Gasteiger partial charge in [-0.2, -0.15) is 0 Å². The van der Waals surface area contributed by atoms with Crippen LogP contribution in [0.15, 0.2) is 30.6 Å². The number of aromatic nitrogens is 2. The maximum Gasteiger partial charge on any atom is 0.137 e. The van der Waals surface area contributed by atoms with Gasteiger partial charge < -0.3 is 9.72 Å². The summed E-state index contributed by atoms with van der Waals surface area (Å²) < 4.78 is 2.08. The summed E-state index contributed by atoms with van der Waals surface area (Å²) in [5.74, 6) is 1.81. The molecule has 0 aliphatic heterocycles. The van der Waals surface area contributed by atoms with Crippen LogP contribution in [0.5, 0.6) is 0 Å². The number of hydrogen-bond donors (Lipinski definition) is 1. The van der Waals surface area contributed by atoms with Crippen molar-refractivity contribution < 1.29 is 0 Å². The molecule has 19 heavy (non-hydrogen) atoms. The fraction of sp³-hybridized carbons (Fsp3) is 0.562. The molecule has 0 bridgehead atoms. The third kappa shape index (κ3) is 3.16. The molecule has 0 radical (unpaired) electrons. The Morgan fingerprint density at radius 3 is 2.89 bits per heavy atom. The Labute approximate surface area is 115 Å². The molecule has 0 aromatic carbocycles. The monoisotopic (exact) mass is 257 g/mol. The molecular formula is C16H23N3. The van der Waals surface area contributed by atoms with Gasteiger partial charge in [0.05, 0.1) is 5.69 Å². The van der Waals surface area contributed by atoms with Crippen LogP contribution in [0.3, 0.4) is 0 Å². The molecule has 0 spiro atoms. The predicted octanol–water partition coefficient (Wildman–Crippen LogP) is 3.25. The molecule has 2 aromatic heterocycles. The lowest BCUT2D eigenvalue weighted by Crippen LogP contribution is -2.25. The smallest absolute Gasteiger partial charge is 0.137 e. The van der Waals surface area contributed by atoms with Crippen molar-refractivity contribution in [3.63, 3.8) is 0 Å². The average Bonchev–Trinajstić information content (AvgIpc) is 2.83. The lowest BCUT2D eigenvalue weighted by atomic mass is 9.83. The minimum atomic E-state index is 0.869. The van der Waals surface area contributed by atoms with E-state index >= 15 is 0 Å². The summed E-state index contributed by atoms with van der Waals surface area (Å²) in [6.07, 6.45) is 9.75. The lowest BCUT2D eigenvalue weighted by molar-refractivity contribution is 0.281. The van der Waals surface area contributed by atoms with Crippen molar-refractivity contribution in [2.75, 3.05) is 6.54 Å². The van der Waals surface area contributed by atoms with Crippen molar-refractivity contribution in [1.29, 1.82) is 0 Å². The number of hydrogen-bond acceptors (Lipinski definition) is 2. The normalized spacial score (nSPS) is 23.8. The highest BCUT2D eigenvalue weighted by Crippen LogP contribution is 2.27. The van der Waals surface area contributed by atoms with Crippen LogP contribution in [0.2, 0.25) is 0 Å². The molecule has 2 heterocycles. The Hall–Kier alpha value is -1.35. The van der Waals surface area contributed by atoms with Crippen LogP contribution in [0.4, 0.5) is 0 Å². The fourth-order valence-corrected chi connectivity index (χ4v) is 3.01. The van der Waals surface area contributed by atoms with Crippen LogP contribution < -0.4 is 5.32 Å². The topological polar surface area (TPSA) is 29.3 Å². The molecular weight excluding hydrogens is 234 g/mol. The van der Waals surface area contributed by atoms with E-state index in [-0.39, 0.29) is 0 Å². The van der Waals surface area contributed by atoms with E-state index in [0.717, 1.165) is 36.3 Å². The number of nitrogens with one attached hydrogen (secondary N) is 1. The molecule has 1 fully saturated rings. The van der Waals surface area contributed by atoms with Gasteiger partial charge in [0.2, 0.25) is 0 Å². The van der Waals surface area contributed by atoms with Crippen molar-refractivity contribution in [3.05, 3.63) is 36.3 Å². The van der Waals surface area contributed by atoms with Crippen molar-refractivity contribution >= 4 is 5.65 Å². The second-order valence-electron chi connectivity index (χ2n) is 5.96. The summed E-state index contributed by atoms with van der Waals surface area (Å²) in [7, 11) is 0. The maximum absolute atomic E-state index is 4.61. The molecule has 1 aliphatic carbocycles. The van der Waals surface area contributed by atoms with Gasteiger partial charge in [-0.1, -0.05) is 25.8 Å². The second kappa shape index (κ2) is 5.74. The number of rotatable bonds is 4. The van der Waals surface area contributed by atoms with E-state index in [2.05, 4.69) is 27.8 Å². The Kier molecular flexibility index (Phi) is 3.83. The van der Waals surface area contributed by atoms with E-state index in [1.165, 1.54) is 25.7 Å². The summed E-state index contributed by atoms with van der Waals surface area (Å²) in [5, 5.41) is 3.57. The molecule has 3 heteroatoms. The predicted molar refractivity (Wildman–Crippen MR) is 78.0 cm³/mol. The van der Waals surface area contributed by atoms with Gasteiger partial charge in [0.15, 0.2) is 0 Å². The third-order valence-electron chi connectivity index (χ3n) is 4.29. The molecule has 0 atom stereocenters. The minimum absolute atomic E-state index is 0.869. The zero-order valence-electron chi connectivity index (χ0n) is 11.7. The SMILES string of the molecule is CC1CCC(CNCc2cn3ccccc3n2)CC1. The first-order chi connectivity index (χ1) is 9.31. The highest BCUT2D eigenvalue weighted by Gasteiger charge is 2.17. The fourth-order valence-electron chi connectivity index (χ4n) is 3.01. The molecule has 3 nitrogen and oxygen atoms in total. The van der Waals surface area contributed by atoms with Gasteiger partial charge in [0, 0.05) is 18.9 Å². The van der Waals surface area contributed by atoms with E-state index in [4.69, 9.17) is 0 Å². The number of pyridine rings is 1. The van der Waals surface area contributed by atoms with Gasteiger partial charge in [0.1, 0.15) is 5.65 Å². The Balaban J connectivity index is 1.49. The molecule has 0 unspecified atom stereocenters. The molecule has 0 amide bonds. The molecule has 1 N–H and O–H groups in total. The van der Waals surface area contributed by atoms with Crippen molar-refractivity contribution in [2.24, 2.45) is 11.8 Å². The van der Waals surface area contributed by atoms with Crippen LogP contribution >= 0.6 is 0 Å². The average molecular weight is 257 g/mol. The van der Waals surface area contributed by atoms with Crippen molar-refractivity contribution in [1.82, 2.24) is 14.7 Å². The first kappa shape index (κ1) is 12.7. The Morgan fingerprint density at radius 1 is 1.26 bits per heavy atom. The lowest BCUT2D eigenvalue weighted by Gasteiger charge is -2.26. The summed E-state index contributed by atoms with van der Waals surface area (Å²) in [6.45, 7) is 4.40. The standard InChI is InChI=1S/C16H23N3/c1-13-5-7-14(8-6-13)10-17-11-15-12-19-9-3-2-4-16(19)18-15/h2-4,9,12-14,17H,5-8,10-11H2,1H3. The van der Waals surface area contributed by atoms with E-state index < -0.39 is 0 Å². The van der Waals surface area contributed by atoms with Gasteiger partial charge in [-0.3, -0.25) is 0 Å². The first-order valence-corrected chi connectivity index (χ1v) is 7.44. The van der Waals surface area contributed by atoms with E-state index in [0.29, 0.717) is 0 Å². The molecule has 1 aliphatic rings. The molecule has 0 saturated heterocycles. The van der Waals surface area contributed by atoms with Crippen LogP contribution in [0.1, 0.15) is 38.3 Å². The van der Waals surface area contributed by atoms with Gasteiger partial charge in [-0.25, -0.2) is 4.98 Å². The molecule has 3 rings (SSSR count). The van der Waals surface area contributed by atoms with E-state index in [1.54, 1.807) is 0 Å². The maximum atomic E-state index is 4.61. The third-order valence-corrected chi connectivity index (χ3v) is 4.29. The van der Waals surface area contributed by atoms with Crippen molar-refractivity contribution in [3.8, 4) is 0 Å². The molecule has 102 valence electrons. The largest absolute Gasteiger partial charge is 0.311 e. The summed E-state index contributed by atoms with van der Waals surface area (Å²) in [6, 6.07) is 6.11. The second-order valence-corrected chi connectivity index (χ2v) is 5.96. The Morgan fingerprint density at radius 2 is 2.11 bits per heavy atom. The summed E-state index contributed by atoms with van der Waals surface area (Å²) in [5.41, 5.74) is 2.17. The number of nitrogens with zero attached hydrogens (tertiary/aromatic N) is 2. The van der Waals surface area contributed by atoms with Gasteiger partial charge in [-0.15, -0.1) is 0 Å². The van der Waals surface area contributed by atoms with Gasteiger partial charge in [0.25, 0.3) is 0 Å². The van der Waals surface area contributed by atoms with Crippen LogP contribution in [-0.2, 0) is 6.54 Å². The minimum Gasteiger partial charge on any atom is -0.311 e. The molecule has 2 aromatic rings. The highest BCUT2D eigenvalue weighted by molar-refractivity contribution is 5.39. The van der Waals surface area contributed by atoms with Gasteiger partial charge >= 0.3 is 0 Å². The molecule has 1 saturated carbocycles. The van der Waals surface area contributed by atoms with Crippen molar-refractivity contribution in [2.45, 2.75) is 39.2 Å². The quantitative estimate of drug-likeness (QED) is 0.911. The number of fused-ring (bicyclic) bond motifs is 1. The zero-order valence-corrected chi connectivity index (χ0v) is 11.7. The van der Waals surface area contributed by atoms with Gasteiger partial charge in [-0.05, 0) is 43.4 Å².